The van der Waals surface area contributed by atoms with Crippen molar-refractivity contribution in [3.8, 4) is 11.3 Å². The number of nitrogens with one attached hydrogen (secondary N) is 4. The molecule has 2 heterocycles. The van der Waals surface area contributed by atoms with Crippen molar-refractivity contribution < 1.29 is 23.2 Å². The van der Waals surface area contributed by atoms with E-state index in [9.17, 15) is 18.8 Å². The van der Waals surface area contributed by atoms with Crippen LogP contribution in [0.15, 0.2) is 83.3 Å². The number of unbranched alkanes of at least 4 members (excludes halogenated alkanes) is 2. The highest BCUT2D eigenvalue weighted by Gasteiger charge is 2.33. The Kier molecular flexibility index (Phi) is 26.9. The van der Waals surface area contributed by atoms with Crippen molar-refractivity contribution >= 4 is 66.3 Å². The van der Waals surface area contributed by atoms with E-state index >= 15 is 4.39 Å². The Morgan fingerprint density at radius 2 is 1.70 bits per heavy atom. The summed E-state index contributed by atoms with van der Waals surface area (Å²) in [6.45, 7) is 19.2. The van der Waals surface area contributed by atoms with Crippen LogP contribution in [0.25, 0.3) is 11.3 Å². The smallest absolute Gasteiger partial charge is 0.227 e. The average Bonchev–Trinajstić information content (AvgIpc) is 3.30. The highest BCUT2D eigenvalue weighted by Crippen LogP contribution is 2.42. The molecule has 66 heavy (non-hydrogen) atoms. The van der Waals surface area contributed by atoms with Gasteiger partial charge >= 0.3 is 0 Å². The van der Waals surface area contributed by atoms with Gasteiger partial charge in [0.1, 0.15) is 24.0 Å². The number of rotatable bonds is 22. The predicted molar refractivity (Wildman–Crippen MR) is 271 cm³/mol. The van der Waals surface area contributed by atoms with Crippen molar-refractivity contribution in [2.45, 2.75) is 96.5 Å². The summed E-state index contributed by atoms with van der Waals surface area (Å²) in [4.78, 5) is 46.4. The molecule has 1 aliphatic rings. The number of nitrogens with zero attached hydrogens (tertiary/aromatic N) is 5. The third-order valence-electron chi connectivity index (χ3n) is 10.7. The first kappa shape index (κ1) is 56.6. The Hall–Kier alpha value is -5.55. The number of hydrogen-bond donors (Lipinski definition) is 5. The van der Waals surface area contributed by atoms with Crippen LogP contribution in [0.5, 0.6) is 0 Å². The standard InChI is InChI=1S/C33H43F2N7OS.C9H12N2O.C6H10O.C2H7N/c1-6-12-33(13-16-37-22-43)14-17-41(18-15-33)44-26-10-8-25(9-11-26)39-32-38-21-28(35)30(40-32)24-19-27(34)31(36-5)29(20-24)42(7-2)23(3)4;1-11-5-8-7(6-12)3-2-4-9(8)10;1-2-3-4-5-6-7;1-3-2/h8-11,19-23H,5-7,12-18H2,1-4H3,(H,37,43)(H,38,39,40);2-4,6,11H,5,10H2,1H3;2,6H,1,3-5H2;3H,1-2H3. The number of aromatic nitrogens is 2. The minimum absolute atomic E-state index is 0.00330. The van der Waals surface area contributed by atoms with Crippen molar-refractivity contribution in [1.82, 2.24) is 30.2 Å². The molecule has 1 amide bonds. The van der Waals surface area contributed by atoms with Crippen LogP contribution in [0.1, 0.15) is 95.0 Å². The van der Waals surface area contributed by atoms with E-state index in [0.717, 1.165) is 99.5 Å². The molecule has 1 fully saturated rings. The van der Waals surface area contributed by atoms with E-state index in [1.807, 2.05) is 77.2 Å². The molecular weight excluding hydrogens is 859 g/mol. The Balaban J connectivity index is 0.000000557. The molecule has 1 aliphatic heterocycles. The van der Waals surface area contributed by atoms with Crippen LogP contribution in [-0.4, -0.2) is 93.3 Å². The van der Waals surface area contributed by atoms with Crippen LogP contribution < -0.4 is 31.9 Å². The van der Waals surface area contributed by atoms with Crippen LogP contribution in [0.3, 0.4) is 0 Å². The fraction of sp³-hybridized carbons (Fsp3) is 0.440. The molecule has 16 heteroatoms. The van der Waals surface area contributed by atoms with Crippen LogP contribution >= 0.6 is 11.9 Å². The molecule has 0 atom stereocenters. The Labute approximate surface area is 396 Å². The zero-order valence-corrected chi connectivity index (χ0v) is 40.8. The fourth-order valence-electron chi connectivity index (χ4n) is 7.48. The minimum atomic E-state index is -0.649. The largest absolute Gasteiger partial charge is 0.398 e. The Morgan fingerprint density at radius 1 is 1.00 bits per heavy atom. The number of piperidine rings is 1. The van der Waals surface area contributed by atoms with Crippen LogP contribution in [0.2, 0.25) is 0 Å². The monoisotopic (exact) mass is 931 g/mol. The highest BCUT2D eigenvalue weighted by atomic mass is 32.2. The van der Waals surface area contributed by atoms with E-state index in [0.29, 0.717) is 47.4 Å². The lowest BCUT2D eigenvalue weighted by atomic mass is 9.73. The van der Waals surface area contributed by atoms with Gasteiger partial charge in [0.05, 0.1) is 11.9 Å². The minimum Gasteiger partial charge on any atom is -0.398 e. The molecule has 13 nitrogen and oxygen atoms in total. The summed E-state index contributed by atoms with van der Waals surface area (Å²) in [7, 11) is 5.57. The highest BCUT2D eigenvalue weighted by molar-refractivity contribution is 7.97. The predicted octanol–water partition coefficient (Wildman–Crippen LogP) is 9.94. The van der Waals surface area contributed by atoms with Gasteiger partial charge in [0, 0.05) is 72.6 Å². The van der Waals surface area contributed by atoms with Gasteiger partial charge in [-0.25, -0.2) is 23.1 Å². The Bertz CT molecular complexity index is 2070. The molecule has 1 saturated heterocycles. The number of aldehydes is 2. The average molecular weight is 931 g/mol. The SMILES string of the molecule is C=CCCCC=O.C=Nc1c(F)cc(-c2nc(Nc3ccc(SN4CCC(CCC)(CCNC=O)CC4)cc3)ncc2F)cc1N(CC)C(C)C.CNC.CNCc1c(N)cccc1C=O. The van der Waals surface area contributed by atoms with Crippen molar-refractivity contribution in [2.75, 3.05) is 63.3 Å². The molecule has 360 valence electrons. The zero-order chi connectivity index (χ0) is 48.9. The number of amides is 1. The number of nitrogen functional groups attached to an aromatic ring is 1. The van der Waals surface area contributed by atoms with Crippen LogP contribution in [0.4, 0.5) is 37.5 Å². The molecule has 0 unspecified atom stereocenters. The molecule has 3 aromatic carbocycles. The first-order valence-corrected chi connectivity index (χ1v) is 23.3. The number of nitrogens with two attached hydrogens (primary N) is 1. The summed E-state index contributed by atoms with van der Waals surface area (Å²) in [5.41, 5.74) is 9.88. The van der Waals surface area contributed by atoms with E-state index in [-0.39, 0.29) is 23.4 Å². The molecule has 0 bridgehead atoms. The summed E-state index contributed by atoms with van der Waals surface area (Å²) >= 11 is 1.74. The Morgan fingerprint density at radius 3 is 2.26 bits per heavy atom. The maximum Gasteiger partial charge on any atom is 0.227 e. The lowest BCUT2D eigenvalue weighted by Crippen LogP contribution is -2.38. The summed E-state index contributed by atoms with van der Waals surface area (Å²) in [5.74, 6) is -1.03. The van der Waals surface area contributed by atoms with Crippen molar-refractivity contribution in [1.29, 1.82) is 0 Å². The number of carbonyl (C=O) groups is 3. The van der Waals surface area contributed by atoms with Crippen LogP contribution in [0, 0.1) is 17.0 Å². The first-order chi connectivity index (χ1) is 31.8. The second-order valence-corrected chi connectivity index (χ2v) is 17.1. The van der Waals surface area contributed by atoms with Gasteiger partial charge in [0.15, 0.2) is 11.6 Å². The zero-order valence-electron chi connectivity index (χ0n) is 40.0. The van der Waals surface area contributed by atoms with E-state index in [4.69, 9.17) is 5.73 Å². The van der Waals surface area contributed by atoms with Gasteiger partial charge in [-0.1, -0.05) is 31.6 Å². The molecule has 0 radical (unpaired) electrons. The number of hydrogen-bond acceptors (Lipinski definition) is 13. The number of benzene rings is 3. The summed E-state index contributed by atoms with van der Waals surface area (Å²) in [5, 5.41) is 11.7. The molecule has 0 spiro atoms. The molecular formula is C50H72F2N10O3S. The van der Waals surface area contributed by atoms with Crippen molar-refractivity contribution in [3.05, 3.63) is 96.2 Å². The first-order valence-electron chi connectivity index (χ1n) is 22.5. The fourth-order valence-corrected chi connectivity index (χ4v) is 8.40. The van der Waals surface area contributed by atoms with Gasteiger partial charge in [0.25, 0.3) is 0 Å². The molecule has 0 aliphatic carbocycles. The number of allylic oxidation sites excluding steroid dienone is 1. The second-order valence-electron chi connectivity index (χ2n) is 15.9. The molecule has 6 N–H and O–H groups in total. The topological polar surface area (TPSA) is 170 Å². The van der Waals surface area contributed by atoms with Crippen LogP contribution in [-0.2, 0) is 16.1 Å². The summed E-state index contributed by atoms with van der Waals surface area (Å²) in [6.07, 6.45) is 13.6. The maximum absolute atomic E-state index is 15.1. The van der Waals surface area contributed by atoms with Gasteiger partial charge in [0.2, 0.25) is 12.4 Å². The quantitative estimate of drug-likeness (QED) is 0.0126. The third-order valence-corrected chi connectivity index (χ3v) is 11.8. The second kappa shape index (κ2) is 31.4. The molecule has 5 rings (SSSR count). The summed E-state index contributed by atoms with van der Waals surface area (Å²) in [6, 6.07) is 16.3. The van der Waals surface area contributed by atoms with Gasteiger partial charge in [-0.15, -0.1) is 6.58 Å². The van der Waals surface area contributed by atoms with Crippen molar-refractivity contribution in [3.63, 3.8) is 0 Å². The molecule has 4 aromatic rings. The molecule has 0 saturated carbocycles. The van der Waals surface area contributed by atoms with Crippen molar-refractivity contribution in [2.24, 2.45) is 10.4 Å². The molecule has 1 aromatic heterocycles. The normalized spacial score (nSPS) is 12.8. The van der Waals surface area contributed by atoms with Gasteiger partial charge < -0.3 is 36.7 Å². The van der Waals surface area contributed by atoms with E-state index in [1.54, 1.807) is 36.2 Å². The van der Waals surface area contributed by atoms with Gasteiger partial charge in [-0.2, -0.15) is 0 Å². The van der Waals surface area contributed by atoms with Gasteiger partial charge in [-0.05, 0) is 153 Å². The van der Waals surface area contributed by atoms with E-state index in [1.165, 1.54) is 12.5 Å². The number of anilines is 4. The lowest BCUT2D eigenvalue weighted by Gasteiger charge is -2.41. The number of aliphatic imine (C=N–C) groups is 1. The van der Waals surface area contributed by atoms with E-state index < -0.39 is 11.6 Å². The maximum atomic E-state index is 15.1. The lowest BCUT2D eigenvalue weighted by molar-refractivity contribution is -0.109. The number of halogens is 2. The van der Waals surface area contributed by atoms with E-state index in [2.05, 4.69) is 60.8 Å². The van der Waals surface area contributed by atoms with Gasteiger partial charge in [-0.3, -0.25) is 14.6 Å². The third kappa shape index (κ3) is 18.4. The summed E-state index contributed by atoms with van der Waals surface area (Å²) < 4.78 is 32.5. The number of carbonyl (C=O) groups excluding carboxylic acids is 3.